The third-order valence-electron chi connectivity index (χ3n) is 7.24. The van der Waals surface area contributed by atoms with Gasteiger partial charge in [-0.05, 0) is 52.6 Å². The van der Waals surface area contributed by atoms with Crippen molar-refractivity contribution in [3.8, 4) is 16.9 Å². The van der Waals surface area contributed by atoms with Crippen molar-refractivity contribution in [2.75, 3.05) is 32.8 Å². The van der Waals surface area contributed by atoms with Crippen LogP contribution in [-0.2, 0) is 17.9 Å². The number of carboxylic acids is 1. The Labute approximate surface area is 245 Å². The SMILES string of the molecule is O=C(O)COc1cccc(C(=O)NCc2ccc(C(=O)N3CCN(Cc4ccc(-c5ccccc5)cc4)CC3)cc2)c1. The van der Waals surface area contributed by atoms with Crippen LogP contribution in [0, 0.1) is 0 Å². The van der Waals surface area contributed by atoms with Gasteiger partial charge in [0.15, 0.2) is 6.61 Å². The standard InChI is InChI=1S/C34H33N3O5/c38-32(39)24-42-31-8-4-7-30(21-31)33(40)35-22-25-9-15-29(16-10-25)34(41)37-19-17-36(18-20-37)23-26-11-13-28(14-12-26)27-5-2-1-3-6-27/h1-16,21H,17-20,22-24H2,(H,35,40)(H,38,39). The lowest BCUT2D eigenvalue weighted by molar-refractivity contribution is -0.139. The maximum atomic E-state index is 13.1. The second-order valence-corrected chi connectivity index (χ2v) is 10.2. The quantitative estimate of drug-likeness (QED) is 0.290. The highest BCUT2D eigenvalue weighted by atomic mass is 16.5. The number of piperazine rings is 1. The molecule has 0 aliphatic carbocycles. The first-order valence-corrected chi connectivity index (χ1v) is 13.9. The van der Waals surface area contributed by atoms with Crippen LogP contribution >= 0.6 is 0 Å². The van der Waals surface area contributed by atoms with Crippen molar-refractivity contribution in [2.24, 2.45) is 0 Å². The third kappa shape index (κ3) is 7.62. The van der Waals surface area contributed by atoms with Crippen molar-refractivity contribution in [3.05, 3.63) is 125 Å². The molecule has 8 nitrogen and oxygen atoms in total. The van der Waals surface area contributed by atoms with E-state index in [0.29, 0.717) is 36.5 Å². The second kappa shape index (κ2) is 13.6. The Morgan fingerprint density at radius 3 is 2.07 bits per heavy atom. The molecule has 0 unspecified atom stereocenters. The van der Waals surface area contributed by atoms with Crippen LogP contribution in [0.2, 0.25) is 0 Å². The van der Waals surface area contributed by atoms with Crippen molar-refractivity contribution < 1.29 is 24.2 Å². The monoisotopic (exact) mass is 563 g/mol. The molecule has 4 aromatic carbocycles. The Morgan fingerprint density at radius 1 is 0.714 bits per heavy atom. The molecule has 1 saturated heterocycles. The molecule has 1 fully saturated rings. The molecular formula is C34H33N3O5. The van der Waals surface area contributed by atoms with E-state index in [0.717, 1.165) is 25.2 Å². The number of carboxylic acid groups (broad SMARTS) is 1. The average Bonchev–Trinajstić information content (AvgIpc) is 3.04. The zero-order valence-corrected chi connectivity index (χ0v) is 23.2. The van der Waals surface area contributed by atoms with E-state index in [4.69, 9.17) is 9.84 Å². The topological polar surface area (TPSA) is 99.2 Å². The highest BCUT2D eigenvalue weighted by molar-refractivity contribution is 5.95. The second-order valence-electron chi connectivity index (χ2n) is 10.2. The smallest absolute Gasteiger partial charge is 0.341 e. The van der Waals surface area contributed by atoms with Crippen LogP contribution in [0.1, 0.15) is 31.8 Å². The van der Waals surface area contributed by atoms with Crippen LogP contribution in [0.15, 0.2) is 103 Å². The number of benzene rings is 4. The number of carbonyl (C=O) groups is 3. The average molecular weight is 564 g/mol. The number of aliphatic carboxylic acids is 1. The Morgan fingerprint density at radius 2 is 1.38 bits per heavy atom. The molecule has 1 heterocycles. The van der Waals surface area contributed by atoms with E-state index in [1.54, 1.807) is 30.3 Å². The van der Waals surface area contributed by atoms with Crippen molar-refractivity contribution in [1.29, 1.82) is 0 Å². The summed E-state index contributed by atoms with van der Waals surface area (Å²) in [5.41, 5.74) is 5.53. The lowest BCUT2D eigenvalue weighted by atomic mass is 10.0. The summed E-state index contributed by atoms with van der Waals surface area (Å²) in [5.74, 6) is -1.07. The normalized spacial score (nSPS) is 13.4. The van der Waals surface area contributed by atoms with Gasteiger partial charge in [0.1, 0.15) is 5.75 Å². The molecule has 8 heteroatoms. The van der Waals surface area contributed by atoms with Gasteiger partial charge < -0.3 is 20.1 Å². The van der Waals surface area contributed by atoms with E-state index in [-0.39, 0.29) is 11.8 Å². The van der Waals surface area contributed by atoms with Gasteiger partial charge in [-0.3, -0.25) is 14.5 Å². The molecule has 0 saturated carbocycles. The largest absolute Gasteiger partial charge is 0.482 e. The Bertz CT molecular complexity index is 1510. The summed E-state index contributed by atoms with van der Waals surface area (Å²) < 4.78 is 5.14. The summed E-state index contributed by atoms with van der Waals surface area (Å²) >= 11 is 0. The summed E-state index contributed by atoms with van der Waals surface area (Å²) in [6.07, 6.45) is 0. The Balaban J connectivity index is 1.07. The van der Waals surface area contributed by atoms with Crippen LogP contribution < -0.4 is 10.1 Å². The van der Waals surface area contributed by atoms with Gasteiger partial charge in [0.25, 0.3) is 11.8 Å². The number of amides is 2. The minimum Gasteiger partial charge on any atom is -0.482 e. The van der Waals surface area contributed by atoms with Crippen molar-refractivity contribution >= 4 is 17.8 Å². The van der Waals surface area contributed by atoms with Crippen LogP contribution in [0.25, 0.3) is 11.1 Å². The predicted octanol–water partition coefficient (Wildman–Crippen LogP) is 4.71. The van der Waals surface area contributed by atoms with E-state index < -0.39 is 12.6 Å². The minimum absolute atomic E-state index is 0.00984. The Hall–Kier alpha value is -4.95. The lowest BCUT2D eigenvalue weighted by Crippen LogP contribution is -2.48. The van der Waals surface area contributed by atoms with E-state index in [1.807, 2.05) is 35.2 Å². The molecule has 0 radical (unpaired) electrons. The van der Waals surface area contributed by atoms with Gasteiger partial charge in [-0.25, -0.2) is 4.79 Å². The fraction of sp³-hybridized carbons (Fsp3) is 0.206. The van der Waals surface area contributed by atoms with E-state index in [9.17, 15) is 14.4 Å². The first-order valence-electron chi connectivity index (χ1n) is 13.9. The molecule has 2 amide bonds. The van der Waals surface area contributed by atoms with Crippen molar-refractivity contribution in [1.82, 2.24) is 15.1 Å². The first kappa shape index (κ1) is 28.6. The molecule has 2 N–H and O–H groups in total. The number of nitrogens with one attached hydrogen (secondary N) is 1. The predicted molar refractivity (Wildman–Crippen MR) is 160 cm³/mol. The molecule has 0 aromatic heterocycles. The van der Waals surface area contributed by atoms with Crippen LogP contribution in [0.3, 0.4) is 0 Å². The van der Waals surface area contributed by atoms with Gasteiger partial charge in [0, 0.05) is 50.4 Å². The van der Waals surface area contributed by atoms with E-state index >= 15 is 0 Å². The summed E-state index contributed by atoms with van der Waals surface area (Å²) in [7, 11) is 0. The number of hydrogen-bond acceptors (Lipinski definition) is 5. The maximum Gasteiger partial charge on any atom is 0.341 e. The fourth-order valence-corrected chi connectivity index (χ4v) is 4.90. The fourth-order valence-electron chi connectivity index (χ4n) is 4.90. The van der Waals surface area contributed by atoms with Gasteiger partial charge in [-0.1, -0.05) is 72.8 Å². The zero-order chi connectivity index (χ0) is 29.3. The Kier molecular flexibility index (Phi) is 9.26. The summed E-state index contributed by atoms with van der Waals surface area (Å²) in [5, 5.41) is 11.6. The molecule has 42 heavy (non-hydrogen) atoms. The third-order valence-corrected chi connectivity index (χ3v) is 7.24. The minimum atomic E-state index is -1.09. The molecule has 5 rings (SSSR count). The van der Waals surface area contributed by atoms with E-state index in [1.165, 1.54) is 22.8 Å². The number of hydrogen-bond donors (Lipinski definition) is 2. The van der Waals surface area contributed by atoms with Gasteiger partial charge >= 0.3 is 5.97 Å². The maximum absolute atomic E-state index is 13.1. The number of rotatable bonds is 10. The van der Waals surface area contributed by atoms with Gasteiger partial charge in [0.05, 0.1) is 0 Å². The molecule has 0 bridgehead atoms. The van der Waals surface area contributed by atoms with Crippen LogP contribution in [-0.4, -0.2) is 65.5 Å². The number of carbonyl (C=O) groups excluding carboxylic acids is 2. The van der Waals surface area contributed by atoms with Gasteiger partial charge in [0.2, 0.25) is 0 Å². The molecule has 0 atom stereocenters. The molecule has 0 spiro atoms. The molecule has 4 aromatic rings. The van der Waals surface area contributed by atoms with Gasteiger partial charge in [-0.2, -0.15) is 0 Å². The van der Waals surface area contributed by atoms with Crippen LogP contribution in [0.5, 0.6) is 5.75 Å². The highest BCUT2D eigenvalue weighted by Crippen LogP contribution is 2.20. The van der Waals surface area contributed by atoms with Crippen molar-refractivity contribution in [2.45, 2.75) is 13.1 Å². The zero-order valence-electron chi connectivity index (χ0n) is 23.2. The summed E-state index contributed by atoms with van der Waals surface area (Å²) in [4.78, 5) is 40.6. The van der Waals surface area contributed by atoms with Gasteiger partial charge in [-0.15, -0.1) is 0 Å². The molecular weight excluding hydrogens is 530 g/mol. The molecule has 1 aliphatic heterocycles. The van der Waals surface area contributed by atoms with E-state index in [2.05, 4.69) is 46.6 Å². The first-order chi connectivity index (χ1) is 20.4. The summed E-state index contributed by atoms with van der Waals surface area (Å²) in [6.45, 7) is 3.66. The van der Waals surface area contributed by atoms with Crippen LogP contribution in [0.4, 0.5) is 0 Å². The summed E-state index contributed by atoms with van der Waals surface area (Å²) in [6, 6.07) is 32.7. The number of ether oxygens (including phenoxy) is 1. The highest BCUT2D eigenvalue weighted by Gasteiger charge is 2.22. The molecule has 1 aliphatic rings. The van der Waals surface area contributed by atoms with Crippen molar-refractivity contribution in [3.63, 3.8) is 0 Å². The molecule has 214 valence electrons. The number of nitrogens with zero attached hydrogens (tertiary/aromatic N) is 2. The lowest BCUT2D eigenvalue weighted by Gasteiger charge is -2.34.